The molecule has 0 bridgehead atoms. The lowest BCUT2D eigenvalue weighted by Gasteiger charge is -2.26. The lowest BCUT2D eigenvalue weighted by Crippen LogP contribution is -2.39. The number of carbonyl (C=O) groups excluding carboxylic acids is 2. The molecule has 2 aromatic rings. The lowest BCUT2D eigenvalue weighted by molar-refractivity contribution is -0.152. The zero-order valence-electron chi connectivity index (χ0n) is 16.4. The van der Waals surface area contributed by atoms with Crippen LogP contribution in [0.2, 0.25) is 0 Å². The van der Waals surface area contributed by atoms with Gasteiger partial charge >= 0.3 is 5.97 Å². The van der Waals surface area contributed by atoms with Crippen LogP contribution < -0.4 is 4.90 Å². The van der Waals surface area contributed by atoms with Gasteiger partial charge < -0.3 is 4.74 Å². The van der Waals surface area contributed by atoms with Crippen molar-refractivity contribution in [1.82, 2.24) is 0 Å². The first-order valence-electron chi connectivity index (χ1n) is 8.64. The van der Waals surface area contributed by atoms with Crippen molar-refractivity contribution < 1.29 is 27.5 Å². The van der Waals surface area contributed by atoms with Gasteiger partial charge in [0, 0.05) is 17.8 Å². The molecule has 0 N–H and O–H groups in total. The molecule has 0 aromatic heterocycles. The van der Waals surface area contributed by atoms with Gasteiger partial charge in [-0.2, -0.15) is 0 Å². The van der Waals surface area contributed by atoms with Crippen LogP contribution in [0.5, 0.6) is 0 Å². The van der Waals surface area contributed by atoms with Crippen molar-refractivity contribution >= 4 is 17.6 Å². The van der Waals surface area contributed by atoms with Crippen molar-refractivity contribution in [2.24, 2.45) is 0 Å². The molecular weight excluding hydrogens is 371 g/mol. The monoisotopic (exact) mass is 393 g/mol. The van der Waals surface area contributed by atoms with Gasteiger partial charge in [-0.3, -0.25) is 14.5 Å². The first-order chi connectivity index (χ1) is 12.9. The molecule has 0 spiro atoms. The Bertz CT molecular complexity index is 897. The van der Waals surface area contributed by atoms with Crippen LogP contribution in [0.25, 0.3) is 0 Å². The van der Waals surface area contributed by atoms with Gasteiger partial charge in [-0.1, -0.05) is 6.07 Å². The van der Waals surface area contributed by atoms with Crippen LogP contribution in [-0.4, -0.2) is 24.0 Å². The summed E-state index contributed by atoms with van der Waals surface area (Å²) in [6, 6.07) is 5.74. The van der Waals surface area contributed by atoms with Crippen molar-refractivity contribution in [3.63, 3.8) is 0 Å². The van der Waals surface area contributed by atoms with Gasteiger partial charge in [0.2, 0.25) is 0 Å². The van der Waals surface area contributed by atoms with E-state index in [1.807, 2.05) is 6.92 Å². The van der Waals surface area contributed by atoms with Crippen LogP contribution >= 0.6 is 0 Å². The van der Waals surface area contributed by atoms with Gasteiger partial charge in [-0.05, 0) is 57.9 Å². The molecule has 0 aliphatic rings. The van der Waals surface area contributed by atoms with Gasteiger partial charge in [-0.25, -0.2) is 13.2 Å². The maximum atomic E-state index is 14.1. The summed E-state index contributed by atoms with van der Waals surface area (Å²) in [5, 5.41) is 0. The molecule has 0 saturated carbocycles. The fraction of sp³-hybridized carbons (Fsp3) is 0.333. The Labute approximate surface area is 161 Å². The normalized spacial score (nSPS) is 11.3. The molecule has 4 nitrogen and oxygen atoms in total. The third-order valence-electron chi connectivity index (χ3n) is 3.98. The molecule has 0 unspecified atom stereocenters. The Balaban J connectivity index is 2.50. The molecule has 28 heavy (non-hydrogen) atoms. The minimum Gasteiger partial charge on any atom is -0.459 e. The van der Waals surface area contributed by atoms with Crippen LogP contribution in [0.1, 0.15) is 42.3 Å². The minimum atomic E-state index is -1.35. The predicted molar refractivity (Wildman–Crippen MR) is 99.8 cm³/mol. The molecule has 150 valence electrons. The Hall–Kier alpha value is -2.83. The third kappa shape index (κ3) is 5.12. The fourth-order valence-electron chi connectivity index (χ4n) is 2.56. The summed E-state index contributed by atoms with van der Waals surface area (Å²) in [5.41, 5.74) is 0.277. The van der Waals surface area contributed by atoms with E-state index in [0.29, 0.717) is 12.1 Å². The fourth-order valence-corrected chi connectivity index (χ4v) is 2.56. The number of nitrogens with zero attached hydrogens (tertiary/aromatic N) is 1. The smallest absolute Gasteiger partial charge is 0.326 e. The highest BCUT2D eigenvalue weighted by Gasteiger charge is 2.29. The summed E-state index contributed by atoms with van der Waals surface area (Å²) in [6.07, 6.45) is 0. The number of aryl methyl sites for hydroxylation is 2. The molecular formula is C21H22F3NO3. The summed E-state index contributed by atoms with van der Waals surface area (Å²) in [7, 11) is 0. The van der Waals surface area contributed by atoms with E-state index in [0.717, 1.165) is 16.0 Å². The zero-order valence-corrected chi connectivity index (χ0v) is 16.4. The predicted octanol–water partition coefficient (Wildman–Crippen LogP) is 4.71. The van der Waals surface area contributed by atoms with Gasteiger partial charge in [0.1, 0.15) is 35.2 Å². The molecule has 0 radical (unpaired) electrons. The summed E-state index contributed by atoms with van der Waals surface area (Å²) in [6.45, 7) is 8.08. The van der Waals surface area contributed by atoms with Crippen molar-refractivity contribution in [1.29, 1.82) is 0 Å². The van der Waals surface area contributed by atoms with E-state index in [2.05, 4.69) is 0 Å². The maximum absolute atomic E-state index is 14.1. The van der Waals surface area contributed by atoms with Crippen molar-refractivity contribution in [3.05, 3.63) is 64.5 Å². The van der Waals surface area contributed by atoms with Crippen LogP contribution in [0.3, 0.4) is 0 Å². The van der Waals surface area contributed by atoms with Crippen molar-refractivity contribution in [3.8, 4) is 0 Å². The quantitative estimate of drug-likeness (QED) is 0.707. The average Bonchev–Trinajstić information content (AvgIpc) is 2.52. The number of hydrogen-bond donors (Lipinski definition) is 0. The highest BCUT2D eigenvalue weighted by molar-refractivity contribution is 6.08. The molecule has 1 amide bonds. The number of rotatable bonds is 4. The van der Waals surface area contributed by atoms with E-state index in [1.165, 1.54) is 0 Å². The van der Waals surface area contributed by atoms with E-state index in [4.69, 9.17) is 4.74 Å². The van der Waals surface area contributed by atoms with Crippen molar-refractivity contribution in [2.45, 2.75) is 40.2 Å². The van der Waals surface area contributed by atoms with Crippen LogP contribution in [0.4, 0.5) is 18.9 Å². The number of carbonyl (C=O) groups is 2. The molecule has 2 rings (SSSR count). The number of benzene rings is 2. The average molecular weight is 393 g/mol. The second-order valence-electron chi connectivity index (χ2n) is 7.49. The lowest BCUT2D eigenvalue weighted by atomic mass is 10.1. The number of amides is 1. The standard InChI is InChI=1S/C21H22F3NO3/c1-12-6-7-15(8-13(12)2)25(11-18(26)28-21(3,4)5)20(27)19-16(23)9-14(22)10-17(19)24/h6-10H,11H2,1-5H3. The van der Waals surface area contributed by atoms with E-state index in [-0.39, 0.29) is 5.69 Å². The number of anilines is 1. The van der Waals surface area contributed by atoms with Gasteiger partial charge in [-0.15, -0.1) is 0 Å². The highest BCUT2D eigenvalue weighted by atomic mass is 19.1. The Morgan fingerprint density at radius 2 is 1.54 bits per heavy atom. The van der Waals surface area contributed by atoms with Crippen molar-refractivity contribution in [2.75, 3.05) is 11.4 Å². The molecule has 0 atom stereocenters. The summed E-state index contributed by atoms with van der Waals surface area (Å²) < 4.78 is 46.7. The zero-order chi connectivity index (χ0) is 21.2. The Kier molecular flexibility index (Phi) is 6.17. The number of halogens is 3. The summed E-state index contributed by atoms with van der Waals surface area (Å²) in [4.78, 5) is 26.1. The topological polar surface area (TPSA) is 46.6 Å². The molecule has 0 aliphatic heterocycles. The molecule has 0 fully saturated rings. The van der Waals surface area contributed by atoms with Crippen LogP contribution in [-0.2, 0) is 9.53 Å². The molecule has 0 saturated heterocycles. The van der Waals surface area contributed by atoms with Gasteiger partial charge in [0.05, 0.1) is 0 Å². The molecule has 0 aliphatic carbocycles. The number of hydrogen-bond acceptors (Lipinski definition) is 3. The largest absolute Gasteiger partial charge is 0.459 e. The third-order valence-corrected chi connectivity index (χ3v) is 3.98. The summed E-state index contributed by atoms with van der Waals surface area (Å²) >= 11 is 0. The van der Waals surface area contributed by atoms with Crippen LogP contribution in [0, 0.1) is 31.3 Å². The summed E-state index contributed by atoms with van der Waals surface area (Å²) in [5.74, 6) is -5.69. The van der Waals surface area contributed by atoms with E-state index in [9.17, 15) is 22.8 Å². The SMILES string of the molecule is Cc1ccc(N(CC(=O)OC(C)(C)C)C(=O)c2c(F)cc(F)cc2F)cc1C. The molecule has 0 heterocycles. The van der Waals surface area contributed by atoms with E-state index in [1.54, 1.807) is 45.9 Å². The second-order valence-corrected chi connectivity index (χ2v) is 7.49. The Morgan fingerprint density at radius 1 is 0.964 bits per heavy atom. The van der Waals surface area contributed by atoms with E-state index >= 15 is 0 Å². The second kappa shape index (κ2) is 8.04. The number of esters is 1. The molecule has 7 heteroatoms. The number of ether oxygens (including phenoxy) is 1. The van der Waals surface area contributed by atoms with Gasteiger partial charge in [0.25, 0.3) is 5.91 Å². The van der Waals surface area contributed by atoms with Gasteiger partial charge in [0.15, 0.2) is 0 Å². The van der Waals surface area contributed by atoms with E-state index < -0.39 is 47.0 Å². The first-order valence-corrected chi connectivity index (χ1v) is 8.64. The Morgan fingerprint density at radius 3 is 2.04 bits per heavy atom. The first kappa shape index (κ1) is 21.5. The molecule has 2 aromatic carbocycles. The highest BCUT2D eigenvalue weighted by Crippen LogP contribution is 2.24. The minimum absolute atomic E-state index is 0.266. The maximum Gasteiger partial charge on any atom is 0.326 e. The van der Waals surface area contributed by atoms with Crippen LogP contribution in [0.15, 0.2) is 30.3 Å².